The fourth-order valence-electron chi connectivity index (χ4n) is 4.96. The van der Waals surface area contributed by atoms with E-state index >= 15 is 0 Å². The first kappa shape index (κ1) is 30.6. The largest absolute Gasteiger partial charge is 0.478 e. The fraction of sp³-hybridized carbons (Fsp3) is 0.273. The lowest BCUT2D eigenvalue weighted by molar-refractivity contribution is -0.124. The zero-order valence-corrected chi connectivity index (χ0v) is 24.4. The molecule has 0 spiro atoms. The third-order valence-corrected chi connectivity index (χ3v) is 7.63. The van der Waals surface area contributed by atoms with Crippen molar-refractivity contribution in [2.24, 2.45) is 5.92 Å². The quantitative estimate of drug-likeness (QED) is 0.140. The number of carboxylic acids is 2. The van der Waals surface area contributed by atoms with Gasteiger partial charge in [0, 0.05) is 18.7 Å². The smallest absolute Gasteiger partial charge is 0.354 e. The molecule has 1 unspecified atom stereocenters. The standard InChI is InChI=1S/C33H35N3O5S/c1-2-3-13-29-35-28(19-34-31(37)25(21-42)18-22-9-5-4-6-10-22)30(33(40)41)36(29)20-23-14-16-24(17-15-23)26-11-7-8-12-27(26)32(38)39/h4-12,14-17,25,42H,2-3,13,18-21H2,1H3,(H,34,37)(H,38,39)(H,40,41). The van der Waals surface area contributed by atoms with E-state index < -0.39 is 11.9 Å². The second-order valence-corrected chi connectivity index (χ2v) is 10.5. The van der Waals surface area contributed by atoms with Gasteiger partial charge in [-0.15, -0.1) is 0 Å². The molecule has 4 aromatic rings. The molecule has 0 aliphatic carbocycles. The summed E-state index contributed by atoms with van der Waals surface area (Å²) in [5.74, 6) is -1.68. The molecule has 9 heteroatoms. The minimum atomic E-state index is -1.11. The van der Waals surface area contributed by atoms with Gasteiger partial charge in [-0.25, -0.2) is 14.6 Å². The highest BCUT2D eigenvalue weighted by molar-refractivity contribution is 7.80. The second kappa shape index (κ2) is 14.5. The normalized spacial score (nSPS) is 11.7. The van der Waals surface area contributed by atoms with Crippen LogP contribution in [0.5, 0.6) is 0 Å². The first-order valence-corrected chi connectivity index (χ1v) is 14.6. The van der Waals surface area contributed by atoms with Gasteiger partial charge in [-0.1, -0.05) is 86.1 Å². The van der Waals surface area contributed by atoms with Crippen LogP contribution in [-0.2, 0) is 30.7 Å². The van der Waals surface area contributed by atoms with Crippen molar-refractivity contribution in [2.45, 2.75) is 45.7 Å². The Balaban J connectivity index is 1.57. The highest BCUT2D eigenvalue weighted by atomic mass is 32.1. The van der Waals surface area contributed by atoms with E-state index in [1.807, 2.05) is 54.6 Å². The summed E-state index contributed by atoms with van der Waals surface area (Å²) in [6.45, 7) is 2.33. The molecule has 0 aliphatic rings. The number of carboxylic acid groups (broad SMARTS) is 2. The lowest BCUT2D eigenvalue weighted by atomic mass is 9.98. The van der Waals surface area contributed by atoms with Gasteiger partial charge in [-0.3, -0.25) is 4.79 Å². The van der Waals surface area contributed by atoms with Gasteiger partial charge in [0.1, 0.15) is 5.82 Å². The molecule has 1 aromatic heterocycles. The first-order chi connectivity index (χ1) is 20.3. The number of thiol groups is 1. The molecular formula is C33H35N3O5S. The van der Waals surface area contributed by atoms with Crippen LogP contribution in [0.4, 0.5) is 0 Å². The minimum absolute atomic E-state index is 0.00340. The van der Waals surface area contributed by atoms with E-state index in [0.29, 0.717) is 35.7 Å². The van der Waals surface area contributed by atoms with E-state index in [1.54, 1.807) is 28.8 Å². The zero-order valence-electron chi connectivity index (χ0n) is 23.5. The number of unbranched alkanes of at least 4 members (excludes halogenated alkanes) is 1. The van der Waals surface area contributed by atoms with E-state index in [2.05, 4.69) is 29.9 Å². The van der Waals surface area contributed by atoms with Gasteiger partial charge in [-0.2, -0.15) is 12.6 Å². The number of carbonyl (C=O) groups is 3. The minimum Gasteiger partial charge on any atom is -0.478 e. The lowest BCUT2D eigenvalue weighted by Crippen LogP contribution is -2.33. The summed E-state index contributed by atoms with van der Waals surface area (Å²) < 4.78 is 1.71. The van der Waals surface area contributed by atoms with Gasteiger partial charge in [0.2, 0.25) is 5.91 Å². The van der Waals surface area contributed by atoms with E-state index in [1.165, 1.54) is 0 Å². The van der Waals surface area contributed by atoms with Gasteiger partial charge >= 0.3 is 11.9 Å². The number of aromatic nitrogens is 2. The van der Waals surface area contributed by atoms with Crippen LogP contribution >= 0.6 is 12.6 Å². The van der Waals surface area contributed by atoms with Gasteiger partial charge in [0.25, 0.3) is 0 Å². The average Bonchev–Trinajstić information content (AvgIpc) is 3.35. The molecule has 218 valence electrons. The molecule has 0 bridgehead atoms. The molecule has 0 radical (unpaired) electrons. The molecular weight excluding hydrogens is 550 g/mol. The summed E-state index contributed by atoms with van der Waals surface area (Å²) in [6, 6.07) is 23.9. The van der Waals surface area contributed by atoms with Crippen molar-refractivity contribution < 1.29 is 24.6 Å². The van der Waals surface area contributed by atoms with Crippen LogP contribution in [0.2, 0.25) is 0 Å². The molecule has 3 N–H and O–H groups in total. The van der Waals surface area contributed by atoms with Crippen LogP contribution in [0.25, 0.3) is 11.1 Å². The molecule has 42 heavy (non-hydrogen) atoms. The Kier molecular flexibility index (Phi) is 10.6. The van der Waals surface area contributed by atoms with E-state index in [9.17, 15) is 24.6 Å². The average molecular weight is 586 g/mol. The Bertz CT molecular complexity index is 1530. The van der Waals surface area contributed by atoms with Gasteiger partial charge < -0.3 is 20.1 Å². The molecule has 4 rings (SSSR count). The predicted molar refractivity (Wildman–Crippen MR) is 165 cm³/mol. The third kappa shape index (κ3) is 7.47. The molecule has 1 heterocycles. The number of hydrogen-bond acceptors (Lipinski definition) is 5. The first-order valence-electron chi connectivity index (χ1n) is 14.0. The maximum absolute atomic E-state index is 13.0. The summed E-state index contributed by atoms with van der Waals surface area (Å²) in [6.07, 6.45) is 2.89. The topological polar surface area (TPSA) is 122 Å². The number of carbonyl (C=O) groups excluding carboxylic acids is 1. The van der Waals surface area contributed by atoms with E-state index in [-0.39, 0.29) is 36.2 Å². The maximum atomic E-state index is 13.0. The number of benzene rings is 3. The fourth-order valence-corrected chi connectivity index (χ4v) is 5.25. The van der Waals surface area contributed by atoms with Gasteiger partial charge in [-0.05, 0) is 41.2 Å². The monoisotopic (exact) mass is 585 g/mol. The van der Waals surface area contributed by atoms with Crippen molar-refractivity contribution >= 4 is 30.5 Å². The molecule has 0 saturated heterocycles. The molecule has 1 atom stereocenters. The van der Waals surface area contributed by atoms with Crippen LogP contribution in [0.1, 0.15) is 63.3 Å². The molecule has 0 fully saturated rings. The van der Waals surface area contributed by atoms with E-state index in [0.717, 1.165) is 29.5 Å². The van der Waals surface area contributed by atoms with Gasteiger partial charge in [0.15, 0.2) is 5.69 Å². The number of rotatable bonds is 14. The number of nitrogens with zero attached hydrogens (tertiary/aromatic N) is 2. The Hall–Kier alpha value is -4.37. The van der Waals surface area contributed by atoms with Crippen LogP contribution in [0, 0.1) is 5.92 Å². The van der Waals surface area contributed by atoms with Crippen molar-refractivity contribution in [3.8, 4) is 11.1 Å². The predicted octanol–water partition coefficient (Wildman–Crippen LogP) is 5.74. The van der Waals surface area contributed by atoms with Gasteiger partial charge in [0.05, 0.1) is 23.7 Å². The highest BCUT2D eigenvalue weighted by Gasteiger charge is 2.24. The number of hydrogen-bond donors (Lipinski definition) is 4. The highest BCUT2D eigenvalue weighted by Crippen LogP contribution is 2.25. The van der Waals surface area contributed by atoms with Crippen LogP contribution < -0.4 is 5.32 Å². The van der Waals surface area contributed by atoms with Crippen molar-refractivity contribution in [3.63, 3.8) is 0 Å². The summed E-state index contributed by atoms with van der Waals surface area (Å²) in [4.78, 5) is 41.9. The van der Waals surface area contributed by atoms with Crippen molar-refractivity contribution in [3.05, 3.63) is 113 Å². The Labute approximate surface area is 250 Å². The summed E-state index contributed by atoms with van der Waals surface area (Å²) in [5.41, 5.74) is 3.81. The Morgan fingerprint density at radius 1 is 0.905 bits per heavy atom. The number of nitrogens with one attached hydrogen (secondary N) is 1. The number of amides is 1. The van der Waals surface area contributed by atoms with Crippen LogP contribution in [0.15, 0.2) is 78.9 Å². The van der Waals surface area contributed by atoms with Crippen molar-refractivity contribution in [1.29, 1.82) is 0 Å². The summed E-state index contributed by atoms with van der Waals surface area (Å²) in [5, 5.41) is 22.7. The summed E-state index contributed by atoms with van der Waals surface area (Å²) in [7, 11) is 0. The van der Waals surface area contributed by atoms with Crippen molar-refractivity contribution in [2.75, 3.05) is 5.75 Å². The van der Waals surface area contributed by atoms with E-state index in [4.69, 9.17) is 0 Å². The Morgan fingerprint density at radius 3 is 2.24 bits per heavy atom. The maximum Gasteiger partial charge on any atom is 0.354 e. The van der Waals surface area contributed by atoms with Crippen molar-refractivity contribution in [1.82, 2.24) is 14.9 Å². The zero-order chi connectivity index (χ0) is 30.1. The molecule has 3 aromatic carbocycles. The number of aromatic carboxylic acids is 2. The van der Waals surface area contributed by atoms with Crippen LogP contribution in [-0.4, -0.2) is 43.4 Å². The number of imidazole rings is 1. The Morgan fingerprint density at radius 2 is 1.60 bits per heavy atom. The molecule has 8 nitrogen and oxygen atoms in total. The second-order valence-electron chi connectivity index (χ2n) is 10.2. The number of aryl methyl sites for hydroxylation is 1. The SMILES string of the molecule is CCCCc1nc(CNC(=O)C(CS)Cc2ccccc2)c(C(=O)O)n1Cc1ccc(-c2ccccc2C(=O)O)cc1. The van der Waals surface area contributed by atoms with Crippen LogP contribution in [0.3, 0.4) is 0 Å². The molecule has 0 aliphatic heterocycles. The lowest BCUT2D eigenvalue weighted by Gasteiger charge is -2.15. The summed E-state index contributed by atoms with van der Waals surface area (Å²) >= 11 is 4.37. The third-order valence-electron chi connectivity index (χ3n) is 7.18. The molecule has 0 saturated carbocycles. The molecule has 1 amide bonds.